The molecule has 1 fully saturated rings. The molecule has 25 heavy (non-hydrogen) atoms. The van der Waals surface area contributed by atoms with Gasteiger partial charge in [-0.05, 0) is 22.9 Å². The zero-order valence-electron chi connectivity index (χ0n) is 12.6. The van der Waals surface area contributed by atoms with E-state index in [0.717, 1.165) is 19.6 Å². The zero-order chi connectivity index (χ0) is 17.4. The summed E-state index contributed by atoms with van der Waals surface area (Å²) in [6.45, 7) is -0.162. The number of rotatable bonds is 5. The maximum absolute atomic E-state index is 12.4. The zero-order valence-corrected chi connectivity index (χ0v) is 14.2. The van der Waals surface area contributed by atoms with Crippen molar-refractivity contribution in [2.75, 3.05) is 0 Å². The molecule has 1 saturated heterocycles. The minimum Gasteiger partial charge on any atom is -0.337 e. The molecule has 8 nitrogen and oxygen atoms in total. The topological polar surface area (TPSA) is 96.6 Å². The fraction of sp³-hybridized carbons (Fsp3) is 0.133. The molecule has 4 rings (SSSR count). The Labute approximate surface area is 149 Å². The Bertz CT molecular complexity index is 933. The Kier molecular flexibility index (Phi) is 3.90. The van der Waals surface area contributed by atoms with Gasteiger partial charge >= 0.3 is 17.8 Å². The van der Waals surface area contributed by atoms with E-state index >= 15 is 0 Å². The van der Waals surface area contributed by atoms with Crippen molar-refractivity contribution < 1.29 is 18.9 Å². The maximum Gasteiger partial charge on any atom is 0.335 e. The molecule has 0 N–H and O–H groups in total. The van der Waals surface area contributed by atoms with E-state index in [1.165, 1.54) is 22.7 Å². The molecule has 0 atom stereocenters. The third-order valence-corrected chi connectivity index (χ3v) is 5.26. The molecule has 0 aliphatic carbocycles. The van der Waals surface area contributed by atoms with E-state index in [1.807, 2.05) is 29.0 Å². The SMILES string of the molecule is O=C1C(=O)N(Cc2cccs2)C(=O)N1Cc1nc(-c2cccs2)no1. The van der Waals surface area contributed by atoms with Crippen molar-refractivity contribution in [1.82, 2.24) is 19.9 Å². The van der Waals surface area contributed by atoms with E-state index in [1.54, 1.807) is 6.07 Å². The molecular weight excluding hydrogens is 364 g/mol. The summed E-state index contributed by atoms with van der Waals surface area (Å²) in [4.78, 5) is 44.2. The summed E-state index contributed by atoms with van der Waals surface area (Å²) >= 11 is 2.85. The van der Waals surface area contributed by atoms with Gasteiger partial charge in [0.05, 0.1) is 11.4 Å². The van der Waals surface area contributed by atoms with Crippen molar-refractivity contribution in [3.63, 3.8) is 0 Å². The third-order valence-electron chi connectivity index (χ3n) is 3.53. The van der Waals surface area contributed by atoms with E-state index < -0.39 is 17.8 Å². The van der Waals surface area contributed by atoms with Crippen molar-refractivity contribution >= 4 is 40.5 Å². The van der Waals surface area contributed by atoms with Gasteiger partial charge in [0.2, 0.25) is 11.7 Å². The molecule has 4 heterocycles. The van der Waals surface area contributed by atoms with E-state index in [0.29, 0.717) is 5.82 Å². The van der Waals surface area contributed by atoms with Crippen LogP contribution >= 0.6 is 22.7 Å². The summed E-state index contributed by atoms with van der Waals surface area (Å²) in [6, 6.07) is 6.61. The first-order valence-electron chi connectivity index (χ1n) is 7.19. The second kappa shape index (κ2) is 6.22. The fourth-order valence-corrected chi connectivity index (χ4v) is 3.69. The highest BCUT2D eigenvalue weighted by molar-refractivity contribution is 7.13. The average molecular weight is 374 g/mol. The monoisotopic (exact) mass is 374 g/mol. The van der Waals surface area contributed by atoms with E-state index in [9.17, 15) is 14.4 Å². The standard InChI is InChI=1S/C15H10N4O4S2/c20-13-14(21)19(15(22)18(13)7-9-3-1-5-24-9)8-11-16-12(17-23-11)10-4-2-6-25-10/h1-6H,7-8H2. The minimum atomic E-state index is -0.891. The van der Waals surface area contributed by atoms with E-state index in [-0.39, 0.29) is 19.0 Å². The second-order valence-electron chi connectivity index (χ2n) is 5.13. The van der Waals surface area contributed by atoms with Gasteiger partial charge in [0, 0.05) is 4.88 Å². The molecule has 0 saturated carbocycles. The van der Waals surface area contributed by atoms with Crippen molar-refractivity contribution in [2.45, 2.75) is 13.1 Å². The number of thiophene rings is 2. The Balaban J connectivity index is 1.51. The number of carbonyl (C=O) groups is 3. The second-order valence-corrected chi connectivity index (χ2v) is 7.11. The number of amides is 4. The van der Waals surface area contributed by atoms with Crippen LogP contribution in [0.25, 0.3) is 10.7 Å². The number of imide groups is 2. The van der Waals surface area contributed by atoms with Gasteiger partial charge in [0.15, 0.2) is 0 Å². The predicted molar refractivity (Wildman–Crippen MR) is 88.4 cm³/mol. The summed E-state index contributed by atoms with van der Waals surface area (Å²) in [6.07, 6.45) is 0. The van der Waals surface area contributed by atoms with Gasteiger partial charge in [-0.1, -0.05) is 17.3 Å². The smallest absolute Gasteiger partial charge is 0.335 e. The van der Waals surface area contributed by atoms with Crippen LogP contribution in [0.1, 0.15) is 10.8 Å². The lowest BCUT2D eigenvalue weighted by Gasteiger charge is -2.13. The third kappa shape index (κ3) is 2.85. The minimum absolute atomic E-state index is 0.0713. The first-order valence-corrected chi connectivity index (χ1v) is 8.95. The first-order chi connectivity index (χ1) is 12.1. The number of aromatic nitrogens is 2. The first kappa shape index (κ1) is 15.7. The van der Waals surface area contributed by atoms with Crippen LogP contribution in [-0.2, 0) is 22.7 Å². The lowest BCUT2D eigenvalue weighted by molar-refractivity contribution is -0.143. The Morgan fingerprint density at radius 1 is 0.960 bits per heavy atom. The highest BCUT2D eigenvalue weighted by atomic mass is 32.1. The Hall–Kier alpha value is -2.85. The predicted octanol–water partition coefficient (Wildman–Crippen LogP) is 2.35. The van der Waals surface area contributed by atoms with Gasteiger partial charge in [-0.25, -0.2) is 9.69 Å². The normalized spacial score (nSPS) is 14.8. The van der Waals surface area contributed by atoms with Crippen molar-refractivity contribution in [2.24, 2.45) is 0 Å². The van der Waals surface area contributed by atoms with Gasteiger partial charge in [0.1, 0.15) is 6.54 Å². The van der Waals surface area contributed by atoms with Crippen LogP contribution in [0.15, 0.2) is 39.5 Å². The quantitative estimate of drug-likeness (QED) is 0.502. The summed E-state index contributed by atoms with van der Waals surface area (Å²) in [5, 5.41) is 7.54. The molecular formula is C15H10N4O4S2. The number of nitrogens with zero attached hydrogens (tertiary/aromatic N) is 4. The van der Waals surface area contributed by atoms with Crippen molar-refractivity contribution in [3.05, 3.63) is 45.8 Å². The molecule has 0 bridgehead atoms. The summed E-state index contributed by atoms with van der Waals surface area (Å²) < 4.78 is 5.10. The molecule has 3 aromatic rings. The van der Waals surface area contributed by atoms with E-state index in [4.69, 9.17) is 4.52 Å². The van der Waals surface area contributed by atoms with Gasteiger partial charge in [0.25, 0.3) is 0 Å². The molecule has 0 aromatic carbocycles. The molecule has 10 heteroatoms. The maximum atomic E-state index is 12.4. The molecule has 4 amide bonds. The molecule has 1 aliphatic rings. The number of hydrogen-bond donors (Lipinski definition) is 0. The highest BCUT2D eigenvalue weighted by Gasteiger charge is 2.45. The van der Waals surface area contributed by atoms with Crippen LogP contribution in [0.5, 0.6) is 0 Å². The summed E-state index contributed by atoms with van der Waals surface area (Å²) in [5.74, 6) is -1.27. The molecule has 0 radical (unpaired) electrons. The Morgan fingerprint density at radius 3 is 2.36 bits per heavy atom. The molecule has 1 aliphatic heterocycles. The molecule has 0 spiro atoms. The molecule has 126 valence electrons. The van der Waals surface area contributed by atoms with Gasteiger partial charge in [-0.15, -0.1) is 22.7 Å². The largest absolute Gasteiger partial charge is 0.337 e. The molecule has 0 unspecified atom stereocenters. The number of hydrogen-bond acceptors (Lipinski definition) is 8. The Morgan fingerprint density at radius 2 is 1.68 bits per heavy atom. The van der Waals surface area contributed by atoms with Crippen LogP contribution in [-0.4, -0.2) is 37.8 Å². The van der Waals surface area contributed by atoms with Gasteiger partial charge in [-0.2, -0.15) is 4.98 Å². The van der Waals surface area contributed by atoms with Gasteiger partial charge < -0.3 is 4.52 Å². The average Bonchev–Trinajstić information content (AvgIpc) is 3.38. The highest BCUT2D eigenvalue weighted by Crippen LogP contribution is 2.23. The van der Waals surface area contributed by atoms with Crippen LogP contribution in [0.3, 0.4) is 0 Å². The lowest BCUT2D eigenvalue weighted by Crippen LogP contribution is -2.32. The summed E-state index contributed by atoms with van der Waals surface area (Å²) in [7, 11) is 0. The summed E-state index contributed by atoms with van der Waals surface area (Å²) in [5.41, 5.74) is 0. The lowest BCUT2D eigenvalue weighted by atomic mass is 10.4. The number of urea groups is 1. The van der Waals surface area contributed by atoms with Crippen molar-refractivity contribution in [1.29, 1.82) is 0 Å². The van der Waals surface area contributed by atoms with E-state index in [2.05, 4.69) is 10.1 Å². The van der Waals surface area contributed by atoms with Crippen molar-refractivity contribution in [3.8, 4) is 10.7 Å². The van der Waals surface area contributed by atoms with Crippen LogP contribution < -0.4 is 0 Å². The van der Waals surface area contributed by atoms with Crippen LogP contribution in [0.2, 0.25) is 0 Å². The van der Waals surface area contributed by atoms with Crippen LogP contribution in [0.4, 0.5) is 4.79 Å². The molecule has 3 aromatic heterocycles. The number of carbonyl (C=O) groups excluding carboxylic acids is 3. The van der Waals surface area contributed by atoms with Crippen LogP contribution in [0, 0.1) is 0 Å². The fourth-order valence-electron chi connectivity index (χ4n) is 2.35. The van der Waals surface area contributed by atoms with Gasteiger partial charge in [-0.3, -0.25) is 14.5 Å².